The zero-order valence-electron chi connectivity index (χ0n) is 12.6. The molecule has 1 aliphatic carbocycles. The van der Waals surface area contributed by atoms with Crippen molar-refractivity contribution >= 4 is 12.1 Å². The minimum atomic E-state index is -0.652. The molecular formula is C17H19NO4. The maximum absolute atomic E-state index is 12.2. The molecule has 5 heteroatoms. The van der Waals surface area contributed by atoms with Crippen molar-refractivity contribution in [2.45, 2.75) is 19.4 Å². The van der Waals surface area contributed by atoms with Crippen molar-refractivity contribution in [3.8, 4) is 0 Å². The summed E-state index contributed by atoms with van der Waals surface area (Å²) in [5.74, 6) is -0.255. The smallest absolute Gasteiger partial charge is 0.410 e. The standard InChI is InChI=1S/C17H19NO4/c1-21-15(19)17-9-5-8-14(17)10-18(12-17)16(20)22-11-13-6-3-2-4-7-13/h2-4,6-8H,5,9-12H2,1H3. The molecule has 0 spiro atoms. The molecular weight excluding hydrogens is 282 g/mol. The molecule has 5 nitrogen and oxygen atoms in total. The first kappa shape index (κ1) is 14.6. The van der Waals surface area contributed by atoms with Crippen molar-refractivity contribution in [3.63, 3.8) is 0 Å². The van der Waals surface area contributed by atoms with Crippen molar-refractivity contribution in [1.82, 2.24) is 4.90 Å². The van der Waals surface area contributed by atoms with Crippen LogP contribution >= 0.6 is 0 Å². The Morgan fingerprint density at radius 2 is 2.05 bits per heavy atom. The number of allylic oxidation sites excluding steroid dienone is 1. The van der Waals surface area contributed by atoms with Gasteiger partial charge in [0.1, 0.15) is 12.0 Å². The third kappa shape index (κ3) is 2.47. The molecule has 22 heavy (non-hydrogen) atoms. The lowest BCUT2D eigenvalue weighted by Crippen LogP contribution is -2.37. The van der Waals surface area contributed by atoms with E-state index in [1.165, 1.54) is 7.11 Å². The van der Waals surface area contributed by atoms with Crippen molar-refractivity contribution in [2.24, 2.45) is 5.41 Å². The molecule has 1 amide bonds. The molecule has 0 bridgehead atoms. The molecule has 3 rings (SSSR count). The summed E-state index contributed by atoms with van der Waals surface area (Å²) in [5.41, 5.74) is 1.27. The highest BCUT2D eigenvalue weighted by molar-refractivity contribution is 5.84. The van der Waals surface area contributed by atoms with E-state index < -0.39 is 5.41 Å². The first-order chi connectivity index (χ1) is 10.7. The molecule has 1 heterocycles. The van der Waals surface area contributed by atoms with E-state index >= 15 is 0 Å². The fraction of sp³-hybridized carbons (Fsp3) is 0.412. The quantitative estimate of drug-likeness (QED) is 0.636. The topological polar surface area (TPSA) is 55.8 Å². The number of likely N-dealkylation sites (tertiary alicyclic amines) is 1. The van der Waals surface area contributed by atoms with E-state index in [2.05, 4.69) is 0 Å². The fourth-order valence-electron chi connectivity index (χ4n) is 3.27. The predicted molar refractivity (Wildman–Crippen MR) is 80.0 cm³/mol. The Morgan fingerprint density at radius 3 is 2.77 bits per heavy atom. The van der Waals surface area contributed by atoms with Crippen LogP contribution in [0, 0.1) is 5.41 Å². The number of carbonyl (C=O) groups is 2. The van der Waals surface area contributed by atoms with E-state index in [9.17, 15) is 9.59 Å². The zero-order valence-corrected chi connectivity index (χ0v) is 12.6. The second-order valence-corrected chi connectivity index (χ2v) is 5.74. The number of fused-ring (bicyclic) bond motifs is 1. The number of hydrogen-bond donors (Lipinski definition) is 0. The highest BCUT2D eigenvalue weighted by Gasteiger charge is 2.52. The molecule has 1 atom stereocenters. The highest BCUT2D eigenvalue weighted by atomic mass is 16.6. The number of benzene rings is 1. The third-order valence-corrected chi connectivity index (χ3v) is 4.44. The summed E-state index contributed by atoms with van der Waals surface area (Å²) in [6, 6.07) is 9.54. The molecule has 0 radical (unpaired) electrons. The average Bonchev–Trinajstić information content (AvgIpc) is 3.11. The van der Waals surface area contributed by atoms with Gasteiger partial charge in [-0.15, -0.1) is 0 Å². The van der Waals surface area contributed by atoms with Gasteiger partial charge in [0.2, 0.25) is 0 Å². The lowest BCUT2D eigenvalue weighted by Gasteiger charge is -2.23. The van der Waals surface area contributed by atoms with Gasteiger partial charge >= 0.3 is 12.1 Å². The summed E-state index contributed by atoms with van der Waals surface area (Å²) in [5, 5.41) is 0. The van der Waals surface area contributed by atoms with Crippen LogP contribution in [0.3, 0.4) is 0 Å². The molecule has 2 aliphatic rings. The number of esters is 1. The predicted octanol–water partition coefficient (Wildman–Crippen LogP) is 2.52. The molecule has 1 aromatic rings. The van der Waals surface area contributed by atoms with Crippen molar-refractivity contribution in [2.75, 3.05) is 20.2 Å². The van der Waals surface area contributed by atoms with Gasteiger partial charge in [-0.2, -0.15) is 0 Å². The van der Waals surface area contributed by atoms with Crippen molar-refractivity contribution in [3.05, 3.63) is 47.5 Å². The molecule has 116 valence electrons. The van der Waals surface area contributed by atoms with E-state index in [1.54, 1.807) is 4.90 Å². The van der Waals surface area contributed by atoms with E-state index in [-0.39, 0.29) is 18.7 Å². The number of amides is 1. The van der Waals surface area contributed by atoms with E-state index in [0.717, 1.165) is 17.6 Å². The molecule has 1 aliphatic heterocycles. The lowest BCUT2D eigenvalue weighted by molar-refractivity contribution is -0.149. The Bertz CT molecular complexity index is 610. The van der Waals surface area contributed by atoms with E-state index in [1.807, 2.05) is 36.4 Å². The monoisotopic (exact) mass is 301 g/mol. The van der Waals surface area contributed by atoms with Gasteiger partial charge in [-0.1, -0.05) is 36.4 Å². The molecule has 1 fully saturated rings. The molecule has 1 unspecified atom stereocenters. The minimum absolute atomic E-state index is 0.237. The zero-order chi connectivity index (χ0) is 15.6. The molecule has 1 saturated heterocycles. The largest absolute Gasteiger partial charge is 0.468 e. The Morgan fingerprint density at radius 1 is 1.27 bits per heavy atom. The van der Waals surface area contributed by atoms with Crippen LogP contribution in [0.5, 0.6) is 0 Å². The normalized spacial score (nSPS) is 23.0. The number of hydrogen-bond acceptors (Lipinski definition) is 4. The fourth-order valence-corrected chi connectivity index (χ4v) is 3.27. The van der Waals surface area contributed by atoms with Crippen LogP contribution in [0.2, 0.25) is 0 Å². The van der Waals surface area contributed by atoms with Gasteiger partial charge in [0, 0.05) is 13.1 Å². The Hall–Kier alpha value is -2.30. The second kappa shape index (κ2) is 5.83. The molecule has 0 aromatic heterocycles. The van der Waals surface area contributed by atoms with Crippen LogP contribution in [-0.2, 0) is 20.9 Å². The number of ether oxygens (including phenoxy) is 2. The summed E-state index contributed by atoms with van der Waals surface area (Å²) in [6.45, 7) is 1.03. The molecule has 1 aromatic carbocycles. The Labute approximate surface area is 129 Å². The van der Waals surface area contributed by atoms with Gasteiger partial charge in [-0.05, 0) is 24.0 Å². The molecule has 0 N–H and O–H groups in total. The Balaban J connectivity index is 1.64. The van der Waals surface area contributed by atoms with Gasteiger partial charge in [-0.25, -0.2) is 4.79 Å². The van der Waals surface area contributed by atoms with Crippen LogP contribution in [0.25, 0.3) is 0 Å². The number of methoxy groups -OCH3 is 1. The van der Waals surface area contributed by atoms with Gasteiger partial charge in [0.05, 0.1) is 7.11 Å². The minimum Gasteiger partial charge on any atom is -0.468 e. The Kier molecular flexibility index (Phi) is 3.88. The first-order valence-corrected chi connectivity index (χ1v) is 7.39. The SMILES string of the molecule is COC(=O)C12CCC=C1CN(C(=O)OCc1ccccc1)C2. The van der Waals surface area contributed by atoms with Crippen LogP contribution in [0.1, 0.15) is 18.4 Å². The third-order valence-electron chi connectivity index (χ3n) is 4.44. The number of carbonyl (C=O) groups excluding carboxylic acids is 2. The summed E-state index contributed by atoms with van der Waals surface area (Å²) >= 11 is 0. The summed E-state index contributed by atoms with van der Waals surface area (Å²) in [4.78, 5) is 25.9. The summed E-state index contributed by atoms with van der Waals surface area (Å²) < 4.78 is 10.3. The van der Waals surface area contributed by atoms with Gasteiger partial charge < -0.3 is 14.4 Å². The highest BCUT2D eigenvalue weighted by Crippen LogP contribution is 2.45. The maximum Gasteiger partial charge on any atom is 0.410 e. The number of nitrogens with zero attached hydrogens (tertiary/aromatic N) is 1. The number of rotatable bonds is 3. The van der Waals surface area contributed by atoms with Gasteiger partial charge in [-0.3, -0.25) is 4.79 Å². The van der Waals surface area contributed by atoms with Crippen LogP contribution in [0.4, 0.5) is 4.79 Å². The summed E-state index contributed by atoms with van der Waals surface area (Å²) in [7, 11) is 1.39. The van der Waals surface area contributed by atoms with Crippen LogP contribution in [-0.4, -0.2) is 37.2 Å². The van der Waals surface area contributed by atoms with Crippen molar-refractivity contribution in [1.29, 1.82) is 0 Å². The van der Waals surface area contributed by atoms with Crippen LogP contribution < -0.4 is 0 Å². The first-order valence-electron chi connectivity index (χ1n) is 7.39. The summed E-state index contributed by atoms with van der Waals surface area (Å²) in [6.07, 6.45) is 3.22. The van der Waals surface area contributed by atoms with Crippen LogP contribution in [0.15, 0.2) is 42.0 Å². The van der Waals surface area contributed by atoms with E-state index in [0.29, 0.717) is 19.5 Å². The van der Waals surface area contributed by atoms with Gasteiger partial charge in [0.15, 0.2) is 0 Å². The van der Waals surface area contributed by atoms with Gasteiger partial charge in [0.25, 0.3) is 0 Å². The maximum atomic E-state index is 12.2. The second-order valence-electron chi connectivity index (χ2n) is 5.74. The van der Waals surface area contributed by atoms with E-state index in [4.69, 9.17) is 9.47 Å². The molecule has 0 saturated carbocycles. The lowest BCUT2D eigenvalue weighted by atomic mass is 9.84. The average molecular weight is 301 g/mol. The van der Waals surface area contributed by atoms with Crippen molar-refractivity contribution < 1.29 is 19.1 Å².